The molecule has 0 amide bonds. The quantitative estimate of drug-likeness (QED) is 0.778. The Balaban J connectivity index is 2.58. The molecule has 0 fully saturated rings. The Kier molecular flexibility index (Phi) is 3.49. The van der Waals surface area contributed by atoms with Crippen molar-refractivity contribution in [3.8, 4) is 11.5 Å². The van der Waals surface area contributed by atoms with E-state index in [1.807, 2.05) is 6.92 Å². The summed E-state index contributed by atoms with van der Waals surface area (Å²) in [4.78, 5) is 0.103. The van der Waals surface area contributed by atoms with Gasteiger partial charge in [0.2, 0.25) is 0 Å². The van der Waals surface area contributed by atoms with Crippen molar-refractivity contribution in [2.45, 2.75) is 24.7 Å². The van der Waals surface area contributed by atoms with Crippen LogP contribution in [-0.2, 0) is 15.5 Å². The lowest BCUT2D eigenvalue weighted by Gasteiger charge is -2.11. The van der Waals surface area contributed by atoms with Gasteiger partial charge < -0.3 is 9.47 Å². The van der Waals surface area contributed by atoms with Gasteiger partial charge in [0.25, 0.3) is 9.05 Å². The van der Waals surface area contributed by atoms with Crippen LogP contribution in [0.2, 0.25) is 0 Å². The molecule has 0 atom stereocenters. The molecule has 1 aromatic carbocycles. The summed E-state index contributed by atoms with van der Waals surface area (Å²) in [5, 5.41) is 0. The summed E-state index contributed by atoms with van der Waals surface area (Å²) in [6.45, 7) is 2.95. The topological polar surface area (TPSA) is 52.6 Å². The molecule has 0 aromatic heterocycles. The molecule has 0 aliphatic carbocycles. The number of benzene rings is 1. The van der Waals surface area contributed by atoms with E-state index >= 15 is 0 Å². The van der Waals surface area contributed by atoms with Crippen molar-refractivity contribution in [2.75, 3.05) is 13.2 Å². The van der Waals surface area contributed by atoms with Crippen molar-refractivity contribution in [1.82, 2.24) is 0 Å². The third-order valence-corrected chi connectivity index (χ3v) is 3.98. The van der Waals surface area contributed by atoms with Crippen molar-refractivity contribution in [3.05, 3.63) is 17.7 Å². The Labute approximate surface area is 105 Å². The average molecular weight is 277 g/mol. The second-order valence-electron chi connectivity index (χ2n) is 3.75. The van der Waals surface area contributed by atoms with Crippen molar-refractivity contribution in [3.63, 3.8) is 0 Å². The molecular formula is C11H13ClO4S. The van der Waals surface area contributed by atoms with E-state index in [0.717, 1.165) is 6.42 Å². The molecule has 1 aliphatic rings. The Morgan fingerprint density at radius 1 is 1.24 bits per heavy atom. The first-order chi connectivity index (χ1) is 8.02. The number of hydrogen-bond acceptors (Lipinski definition) is 4. The van der Waals surface area contributed by atoms with Crippen LogP contribution < -0.4 is 9.47 Å². The van der Waals surface area contributed by atoms with E-state index in [0.29, 0.717) is 36.7 Å². The predicted molar refractivity (Wildman–Crippen MR) is 64.5 cm³/mol. The molecule has 4 nitrogen and oxygen atoms in total. The van der Waals surface area contributed by atoms with E-state index in [9.17, 15) is 8.42 Å². The highest BCUT2D eigenvalue weighted by Crippen LogP contribution is 2.35. The Morgan fingerprint density at radius 2 is 1.82 bits per heavy atom. The molecule has 0 bridgehead atoms. The predicted octanol–water partition coefficient (Wildman–Crippen LogP) is 2.34. The second kappa shape index (κ2) is 4.74. The van der Waals surface area contributed by atoms with E-state index < -0.39 is 9.05 Å². The van der Waals surface area contributed by atoms with Gasteiger partial charge in [0, 0.05) is 23.2 Å². The molecule has 0 saturated carbocycles. The average Bonchev–Trinajstić information content (AvgIpc) is 2.50. The third kappa shape index (κ3) is 2.66. The molecule has 2 rings (SSSR count). The molecule has 17 heavy (non-hydrogen) atoms. The lowest BCUT2D eigenvalue weighted by atomic mass is 10.1. The molecule has 0 N–H and O–H groups in total. The van der Waals surface area contributed by atoms with E-state index in [1.165, 1.54) is 6.07 Å². The molecule has 1 aromatic rings. The third-order valence-electron chi connectivity index (χ3n) is 2.57. The van der Waals surface area contributed by atoms with Gasteiger partial charge in [0.15, 0.2) is 11.5 Å². The lowest BCUT2D eigenvalue weighted by Crippen LogP contribution is -2.00. The van der Waals surface area contributed by atoms with Gasteiger partial charge in [-0.3, -0.25) is 0 Å². The van der Waals surface area contributed by atoms with Crippen LogP contribution in [0.3, 0.4) is 0 Å². The van der Waals surface area contributed by atoms with Crippen LogP contribution in [0.4, 0.5) is 0 Å². The normalized spacial score (nSPS) is 15.4. The van der Waals surface area contributed by atoms with Gasteiger partial charge in [-0.05, 0) is 18.1 Å². The first-order valence-corrected chi connectivity index (χ1v) is 7.70. The number of ether oxygens (including phenoxy) is 2. The number of halogens is 1. The van der Waals surface area contributed by atoms with Gasteiger partial charge in [0.05, 0.1) is 18.1 Å². The van der Waals surface area contributed by atoms with Gasteiger partial charge in [0.1, 0.15) is 0 Å². The minimum absolute atomic E-state index is 0.103. The summed E-state index contributed by atoms with van der Waals surface area (Å²) in [6.07, 6.45) is 1.34. The van der Waals surface area contributed by atoms with Gasteiger partial charge in [-0.15, -0.1) is 0 Å². The van der Waals surface area contributed by atoms with E-state index in [-0.39, 0.29) is 4.90 Å². The fourth-order valence-electron chi connectivity index (χ4n) is 1.74. The maximum atomic E-state index is 11.5. The number of fused-ring (bicyclic) bond motifs is 1. The van der Waals surface area contributed by atoms with E-state index in [4.69, 9.17) is 20.2 Å². The zero-order chi connectivity index (χ0) is 12.5. The van der Waals surface area contributed by atoms with Crippen molar-refractivity contribution < 1.29 is 17.9 Å². The zero-order valence-corrected chi connectivity index (χ0v) is 11.0. The first-order valence-electron chi connectivity index (χ1n) is 5.39. The SMILES string of the molecule is CCc1cc2c(cc1S(=O)(=O)Cl)OCCCO2. The highest BCUT2D eigenvalue weighted by molar-refractivity contribution is 8.13. The second-order valence-corrected chi connectivity index (χ2v) is 6.28. The fourth-order valence-corrected chi connectivity index (χ4v) is 2.93. The van der Waals surface area contributed by atoms with E-state index in [1.54, 1.807) is 6.07 Å². The van der Waals surface area contributed by atoms with E-state index in [2.05, 4.69) is 0 Å². The molecule has 0 radical (unpaired) electrons. The maximum absolute atomic E-state index is 11.5. The molecule has 0 saturated heterocycles. The van der Waals surface area contributed by atoms with Gasteiger partial charge >= 0.3 is 0 Å². The summed E-state index contributed by atoms with van der Waals surface area (Å²) in [5.74, 6) is 1.03. The Bertz CT molecular complexity index is 525. The van der Waals surface area contributed by atoms with Crippen LogP contribution in [0.1, 0.15) is 18.9 Å². The fraction of sp³-hybridized carbons (Fsp3) is 0.455. The first kappa shape index (κ1) is 12.5. The number of aryl methyl sites for hydroxylation is 1. The van der Waals surface area contributed by atoms with Crippen molar-refractivity contribution in [2.24, 2.45) is 0 Å². The molecule has 94 valence electrons. The molecule has 0 unspecified atom stereocenters. The highest BCUT2D eigenvalue weighted by atomic mass is 35.7. The Morgan fingerprint density at radius 3 is 2.35 bits per heavy atom. The van der Waals surface area contributed by atoms with Crippen LogP contribution in [0, 0.1) is 0 Å². The van der Waals surface area contributed by atoms with Crippen LogP contribution in [0.25, 0.3) is 0 Å². The summed E-state index contributed by atoms with van der Waals surface area (Å²) in [6, 6.07) is 3.14. The maximum Gasteiger partial charge on any atom is 0.261 e. The number of rotatable bonds is 2. The largest absolute Gasteiger partial charge is 0.490 e. The molecule has 1 aliphatic heterocycles. The Hall–Kier alpha value is -0.940. The summed E-state index contributed by atoms with van der Waals surface area (Å²) in [5.41, 5.74) is 0.643. The van der Waals surface area contributed by atoms with Crippen molar-refractivity contribution in [1.29, 1.82) is 0 Å². The number of hydrogen-bond donors (Lipinski definition) is 0. The molecule has 6 heteroatoms. The standard InChI is InChI=1S/C11H13ClO4S/c1-2-8-6-9-10(16-5-3-4-15-9)7-11(8)17(12,13)14/h6-7H,2-5H2,1H3. The minimum atomic E-state index is -3.75. The van der Waals surface area contributed by atoms with Gasteiger partial charge in [-0.1, -0.05) is 6.92 Å². The molecule has 1 heterocycles. The smallest absolute Gasteiger partial charge is 0.261 e. The summed E-state index contributed by atoms with van der Waals surface area (Å²) >= 11 is 0. The van der Waals surface area contributed by atoms with Crippen LogP contribution in [0.5, 0.6) is 11.5 Å². The highest BCUT2D eigenvalue weighted by Gasteiger charge is 2.20. The molecule has 0 spiro atoms. The van der Waals surface area contributed by atoms with Crippen LogP contribution in [0.15, 0.2) is 17.0 Å². The lowest BCUT2D eigenvalue weighted by molar-refractivity contribution is 0.297. The zero-order valence-electron chi connectivity index (χ0n) is 9.40. The van der Waals surface area contributed by atoms with Gasteiger partial charge in [-0.2, -0.15) is 0 Å². The van der Waals surface area contributed by atoms with Gasteiger partial charge in [-0.25, -0.2) is 8.42 Å². The van der Waals surface area contributed by atoms with Crippen LogP contribution >= 0.6 is 10.7 Å². The van der Waals surface area contributed by atoms with Crippen molar-refractivity contribution >= 4 is 19.7 Å². The molecular weight excluding hydrogens is 264 g/mol. The summed E-state index contributed by atoms with van der Waals surface area (Å²) in [7, 11) is 1.65. The monoisotopic (exact) mass is 276 g/mol. The summed E-state index contributed by atoms with van der Waals surface area (Å²) < 4.78 is 33.8. The minimum Gasteiger partial charge on any atom is -0.490 e. The van der Waals surface area contributed by atoms with Crippen LogP contribution in [-0.4, -0.2) is 21.6 Å².